The number of thiocarbonyl (C=S) groups is 1. The average Bonchev–Trinajstić information content (AvgIpc) is 3.03. The van der Waals surface area contributed by atoms with Gasteiger partial charge in [0.15, 0.2) is 11.5 Å². The molecule has 0 unspecified atom stereocenters. The number of carbonyl (C=O) groups excluding carboxylic acids is 1. The number of carboxylic acid groups (broad SMARTS) is 1. The van der Waals surface area contributed by atoms with Crippen LogP contribution in [-0.4, -0.2) is 45.0 Å². The van der Waals surface area contributed by atoms with Gasteiger partial charge < -0.3 is 14.6 Å². The molecule has 2 atom stereocenters. The summed E-state index contributed by atoms with van der Waals surface area (Å²) in [5.41, 5.74) is 0.766. The number of unbranched alkanes of at least 4 members (excludes halogenated alkanes) is 4. The molecule has 0 spiro atoms. The molecule has 1 aromatic rings. The van der Waals surface area contributed by atoms with Gasteiger partial charge in [0, 0.05) is 0 Å². The minimum Gasteiger partial charge on any atom is -0.490 e. The lowest BCUT2D eigenvalue weighted by Crippen LogP contribution is -2.43. The molecule has 1 aliphatic heterocycles. The summed E-state index contributed by atoms with van der Waals surface area (Å²) in [7, 11) is 0. The first-order valence-electron chi connectivity index (χ1n) is 11.8. The number of carboxylic acids is 1. The molecule has 0 saturated carbocycles. The van der Waals surface area contributed by atoms with Gasteiger partial charge in [-0.05, 0) is 56.9 Å². The van der Waals surface area contributed by atoms with E-state index in [0.717, 1.165) is 30.2 Å². The molecule has 1 aromatic carbocycles. The molecule has 1 amide bonds. The molecule has 0 aliphatic carbocycles. The van der Waals surface area contributed by atoms with Gasteiger partial charge in [-0.25, -0.2) is 4.79 Å². The molecule has 2 rings (SSSR count). The van der Waals surface area contributed by atoms with E-state index >= 15 is 0 Å². The maximum atomic E-state index is 12.8. The number of rotatable bonds is 14. The molecule has 182 valence electrons. The van der Waals surface area contributed by atoms with Crippen LogP contribution in [0.1, 0.15) is 78.2 Å². The fraction of sp³-hybridized carbons (Fsp3) is 0.560. The second-order valence-electron chi connectivity index (χ2n) is 8.08. The van der Waals surface area contributed by atoms with E-state index in [1.165, 1.54) is 30.6 Å². The van der Waals surface area contributed by atoms with Crippen molar-refractivity contribution in [2.75, 3.05) is 6.61 Å². The van der Waals surface area contributed by atoms with Crippen LogP contribution in [0.3, 0.4) is 0 Å². The van der Waals surface area contributed by atoms with Crippen LogP contribution < -0.4 is 9.47 Å². The van der Waals surface area contributed by atoms with Gasteiger partial charge in [-0.2, -0.15) is 0 Å². The minimum atomic E-state index is -1.06. The van der Waals surface area contributed by atoms with Crippen molar-refractivity contribution in [1.82, 2.24) is 4.90 Å². The molecule has 1 saturated heterocycles. The molecule has 6 nitrogen and oxygen atoms in total. The van der Waals surface area contributed by atoms with Gasteiger partial charge in [0.2, 0.25) is 0 Å². The summed E-state index contributed by atoms with van der Waals surface area (Å²) in [6, 6.07) is 4.61. The summed E-state index contributed by atoms with van der Waals surface area (Å²) >= 11 is 6.41. The predicted octanol–water partition coefficient (Wildman–Crippen LogP) is 6.28. The van der Waals surface area contributed by atoms with Crippen molar-refractivity contribution in [2.45, 2.75) is 84.8 Å². The minimum absolute atomic E-state index is 0.0786. The number of amides is 1. The van der Waals surface area contributed by atoms with E-state index in [-0.39, 0.29) is 22.8 Å². The second-order valence-corrected chi connectivity index (χ2v) is 9.76. The zero-order valence-corrected chi connectivity index (χ0v) is 21.6. The standard InChI is InChI=1S/C25H35NO5S2/c1-5-8-9-10-11-12-17(4)31-20-14-13-18(15-21(20)30-7-3)16-22-23(27)26(25(32)33-22)19(6-2)24(28)29/h13-17,19H,5-12H2,1-4H3,(H,28,29)/b22-16+/t17-,19+/m1/s1. The van der Waals surface area contributed by atoms with Crippen molar-refractivity contribution in [3.63, 3.8) is 0 Å². The maximum Gasteiger partial charge on any atom is 0.326 e. The lowest BCUT2D eigenvalue weighted by atomic mass is 10.1. The number of hydrogen-bond donors (Lipinski definition) is 1. The summed E-state index contributed by atoms with van der Waals surface area (Å²) in [5, 5.41) is 9.42. The topological polar surface area (TPSA) is 76.1 Å². The Labute approximate surface area is 206 Å². The maximum absolute atomic E-state index is 12.8. The molecule has 1 N–H and O–H groups in total. The van der Waals surface area contributed by atoms with Crippen LogP contribution in [-0.2, 0) is 9.59 Å². The highest BCUT2D eigenvalue weighted by molar-refractivity contribution is 8.26. The van der Waals surface area contributed by atoms with Crippen molar-refractivity contribution in [3.05, 3.63) is 28.7 Å². The number of carbonyl (C=O) groups is 2. The number of benzene rings is 1. The molecule has 33 heavy (non-hydrogen) atoms. The SMILES string of the molecule is CCCCCCC[C@@H](C)Oc1ccc(/C=C2/SC(=S)N([C@@H](CC)C(=O)O)C2=O)cc1OCC. The third kappa shape index (κ3) is 7.74. The van der Waals surface area contributed by atoms with Gasteiger partial charge in [-0.15, -0.1) is 0 Å². The van der Waals surface area contributed by atoms with E-state index in [1.54, 1.807) is 13.0 Å². The summed E-state index contributed by atoms with van der Waals surface area (Å²) in [6.45, 7) is 8.41. The van der Waals surface area contributed by atoms with E-state index < -0.39 is 12.0 Å². The van der Waals surface area contributed by atoms with Gasteiger partial charge in [-0.1, -0.05) is 69.6 Å². The van der Waals surface area contributed by atoms with Crippen molar-refractivity contribution in [3.8, 4) is 11.5 Å². The van der Waals surface area contributed by atoms with Crippen LogP contribution >= 0.6 is 24.0 Å². The van der Waals surface area contributed by atoms with Crippen molar-refractivity contribution in [2.24, 2.45) is 0 Å². The molecule has 1 aliphatic rings. The van der Waals surface area contributed by atoms with Crippen molar-refractivity contribution >= 4 is 46.3 Å². The highest BCUT2D eigenvalue weighted by atomic mass is 32.2. The average molecular weight is 494 g/mol. The Kier molecular flexibility index (Phi) is 11.2. The zero-order valence-electron chi connectivity index (χ0n) is 20.0. The monoisotopic (exact) mass is 493 g/mol. The van der Waals surface area contributed by atoms with Crippen molar-refractivity contribution < 1.29 is 24.2 Å². The van der Waals surface area contributed by atoms with E-state index in [4.69, 9.17) is 21.7 Å². The van der Waals surface area contributed by atoms with Gasteiger partial charge in [-0.3, -0.25) is 9.69 Å². The molecule has 0 aromatic heterocycles. The third-order valence-corrected chi connectivity index (χ3v) is 6.75. The Balaban J connectivity index is 2.13. The molecule has 8 heteroatoms. The first-order valence-corrected chi connectivity index (χ1v) is 13.0. The molecule has 0 radical (unpaired) electrons. The van der Waals surface area contributed by atoms with E-state index in [2.05, 4.69) is 13.8 Å². The second kappa shape index (κ2) is 13.6. The fourth-order valence-electron chi connectivity index (χ4n) is 3.66. The van der Waals surface area contributed by atoms with Gasteiger partial charge in [0.25, 0.3) is 5.91 Å². The first-order chi connectivity index (χ1) is 15.8. The molecule has 1 heterocycles. The Hall–Kier alpha value is -2.06. The molecule has 0 bridgehead atoms. The van der Waals surface area contributed by atoms with Gasteiger partial charge >= 0.3 is 5.97 Å². The smallest absolute Gasteiger partial charge is 0.326 e. The lowest BCUT2D eigenvalue weighted by Gasteiger charge is -2.21. The number of nitrogens with zero attached hydrogens (tertiary/aromatic N) is 1. The Morgan fingerprint density at radius 2 is 1.91 bits per heavy atom. The molecule has 1 fully saturated rings. The van der Waals surface area contributed by atoms with Crippen LogP contribution in [0.2, 0.25) is 0 Å². The fourth-order valence-corrected chi connectivity index (χ4v) is 5.02. The Morgan fingerprint density at radius 3 is 2.55 bits per heavy atom. The number of thioether (sulfide) groups is 1. The van der Waals surface area contributed by atoms with Crippen LogP contribution in [0.5, 0.6) is 11.5 Å². The molecular weight excluding hydrogens is 458 g/mol. The summed E-state index contributed by atoms with van der Waals surface area (Å²) in [6.07, 6.45) is 9.21. The summed E-state index contributed by atoms with van der Waals surface area (Å²) < 4.78 is 12.2. The van der Waals surface area contributed by atoms with E-state index in [1.807, 2.05) is 25.1 Å². The summed E-state index contributed by atoms with van der Waals surface area (Å²) in [4.78, 5) is 26.0. The van der Waals surface area contributed by atoms with Crippen molar-refractivity contribution in [1.29, 1.82) is 0 Å². The zero-order chi connectivity index (χ0) is 24.4. The molecular formula is C25H35NO5S2. The first kappa shape index (κ1) is 27.2. The quantitative estimate of drug-likeness (QED) is 0.186. The number of aliphatic carboxylic acids is 1. The Bertz CT molecular complexity index is 870. The third-order valence-electron chi connectivity index (χ3n) is 5.41. The highest BCUT2D eigenvalue weighted by Gasteiger charge is 2.39. The normalized spacial score (nSPS) is 16.8. The van der Waals surface area contributed by atoms with E-state index in [0.29, 0.717) is 23.0 Å². The van der Waals surface area contributed by atoms with Crippen LogP contribution in [0, 0.1) is 0 Å². The van der Waals surface area contributed by atoms with E-state index in [9.17, 15) is 14.7 Å². The lowest BCUT2D eigenvalue weighted by molar-refractivity contribution is -0.145. The number of ether oxygens (including phenoxy) is 2. The number of hydrogen-bond acceptors (Lipinski definition) is 6. The highest BCUT2D eigenvalue weighted by Crippen LogP contribution is 2.36. The summed E-state index contributed by atoms with van der Waals surface area (Å²) in [5.74, 6) is -0.139. The Morgan fingerprint density at radius 1 is 1.18 bits per heavy atom. The van der Waals surface area contributed by atoms with Gasteiger partial charge in [0.05, 0.1) is 17.6 Å². The predicted molar refractivity (Wildman–Crippen MR) is 138 cm³/mol. The van der Waals surface area contributed by atoms with Crippen LogP contribution in [0.15, 0.2) is 23.1 Å². The van der Waals surface area contributed by atoms with Gasteiger partial charge in [0.1, 0.15) is 10.4 Å². The van der Waals surface area contributed by atoms with Crippen LogP contribution in [0.4, 0.5) is 0 Å². The van der Waals surface area contributed by atoms with Crippen LogP contribution in [0.25, 0.3) is 6.08 Å². The largest absolute Gasteiger partial charge is 0.490 e.